The van der Waals surface area contributed by atoms with Crippen LogP contribution < -0.4 is 0 Å². The summed E-state index contributed by atoms with van der Waals surface area (Å²) in [5, 5.41) is 0. The molecule has 0 unspecified atom stereocenters. The van der Waals surface area contributed by atoms with Crippen molar-refractivity contribution in [2.45, 2.75) is 41.5 Å². The fourth-order valence-electron chi connectivity index (χ4n) is 0.0913. The minimum absolute atomic E-state index is 0.981. The molecular formula is C9H21N. The molecule has 0 saturated carbocycles. The second kappa shape index (κ2) is 23.7. The highest BCUT2D eigenvalue weighted by Crippen LogP contribution is 1.87. The molecule has 1 heteroatoms. The number of aliphatic imine (C=N–C) groups is 1. The van der Waals surface area contributed by atoms with Gasteiger partial charge < -0.3 is 0 Å². The largest absolute Gasteiger partial charge is 0.270 e. The van der Waals surface area contributed by atoms with Gasteiger partial charge >= 0.3 is 0 Å². The van der Waals surface area contributed by atoms with Crippen LogP contribution in [0.3, 0.4) is 0 Å². The van der Waals surface area contributed by atoms with Crippen LogP contribution in [-0.2, 0) is 0 Å². The van der Waals surface area contributed by atoms with E-state index < -0.39 is 0 Å². The summed E-state index contributed by atoms with van der Waals surface area (Å²) in [5.74, 6) is 0. The molecule has 0 atom stereocenters. The van der Waals surface area contributed by atoms with Gasteiger partial charge in [-0.1, -0.05) is 33.8 Å². The molecule has 0 aromatic heterocycles. The average Bonchev–Trinajstić information content (AvgIpc) is 2.10. The van der Waals surface area contributed by atoms with E-state index >= 15 is 0 Å². The third kappa shape index (κ3) is 26.2. The van der Waals surface area contributed by atoms with Crippen molar-refractivity contribution in [3.8, 4) is 0 Å². The lowest BCUT2D eigenvalue weighted by atomic mass is 10.5. The Morgan fingerprint density at radius 3 is 1.50 bits per heavy atom. The van der Waals surface area contributed by atoms with Crippen LogP contribution >= 0.6 is 0 Å². The molecule has 0 bridgehead atoms. The lowest BCUT2D eigenvalue weighted by Gasteiger charge is -1.78. The Morgan fingerprint density at radius 1 is 1.20 bits per heavy atom. The SMILES string of the molecule is C=N/C(C)=C/C.CC.CC. The fourth-order valence-corrected chi connectivity index (χ4v) is 0.0913. The predicted octanol–water partition coefficient (Wildman–Crippen LogP) is 3.66. The van der Waals surface area contributed by atoms with Crippen molar-refractivity contribution < 1.29 is 0 Å². The zero-order valence-electron chi connectivity index (χ0n) is 8.23. The first-order valence-electron chi connectivity index (χ1n) is 3.91. The normalized spacial score (nSPS) is 8.00. The first kappa shape index (κ1) is 16.2. The van der Waals surface area contributed by atoms with Crippen LogP contribution in [0.2, 0.25) is 0 Å². The Labute approximate surface area is 65.9 Å². The van der Waals surface area contributed by atoms with Gasteiger partial charge in [0.25, 0.3) is 0 Å². The summed E-state index contributed by atoms with van der Waals surface area (Å²) < 4.78 is 0. The number of rotatable bonds is 1. The van der Waals surface area contributed by atoms with E-state index in [0.717, 1.165) is 5.70 Å². The summed E-state index contributed by atoms with van der Waals surface area (Å²) in [6.07, 6.45) is 1.91. The lowest BCUT2D eigenvalue weighted by Crippen LogP contribution is -1.58. The van der Waals surface area contributed by atoms with E-state index in [9.17, 15) is 0 Å². The molecule has 0 aliphatic carbocycles. The van der Waals surface area contributed by atoms with E-state index in [-0.39, 0.29) is 0 Å². The van der Waals surface area contributed by atoms with Gasteiger partial charge in [-0.3, -0.25) is 4.99 Å². The van der Waals surface area contributed by atoms with Gasteiger partial charge in [-0.25, -0.2) is 0 Å². The van der Waals surface area contributed by atoms with Gasteiger partial charge in [0.05, 0.1) is 0 Å². The molecule has 62 valence electrons. The highest BCUT2D eigenvalue weighted by atomic mass is 14.7. The summed E-state index contributed by atoms with van der Waals surface area (Å²) in [5.41, 5.74) is 0.981. The molecule has 0 saturated heterocycles. The molecule has 0 rings (SSSR count). The molecule has 0 heterocycles. The Bertz CT molecular complexity index is 72.8. The van der Waals surface area contributed by atoms with Crippen LogP contribution in [0.1, 0.15) is 41.5 Å². The monoisotopic (exact) mass is 143 g/mol. The predicted molar refractivity (Wildman–Crippen MR) is 51.7 cm³/mol. The zero-order chi connectivity index (χ0) is 8.99. The molecule has 0 fully saturated rings. The minimum atomic E-state index is 0.981. The maximum atomic E-state index is 3.62. The van der Waals surface area contributed by atoms with Gasteiger partial charge in [0.1, 0.15) is 0 Å². The second-order valence-corrected chi connectivity index (χ2v) is 1.09. The van der Waals surface area contributed by atoms with Crippen LogP contribution in [0.15, 0.2) is 16.8 Å². The summed E-state index contributed by atoms with van der Waals surface area (Å²) >= 11 is 0. The van der Waals surface area contributed by atoms with Crippen molar-refractivity contribution in [3.05, 3.63) is 11.8 Å². The van der Waals surface area contributed by atoms with Gasteiger partial charge in [0, 0.05) is 5.70 Å². The second-order valence-electron chi connectivity index (χ2n) is 1.09. The highest BCUT2D eigenvalue weighted by molar-refractivity contribution is 5.27. The quantitative estimate of drug-likeness (QED) is 0.497. The van der Waals surface area contributed by atoms with Gasteiger partial charge in [0.2, 0.25) is 0 Å². The van der Waals surface area contributed by atoms with Gasteiger partial charge in [-0.05, 0) is 20.6 Å². The van der Waals surface area contributed by atoms with Crippen LogP contribution in [0.25, 0.3) is 0 Å². The van der Waals surface area contributed by atoms with E-state index in [2.05, 4.69) is 11.7 Å². The molecule has 0 aromatic rings. The molecule has 0 amide bonds. The molecular weight excluding hydrogens is 122 g/mol. The highest BCUT2D eigenvalue weighted by Gasteiger charge is 1.67. The van der Waals surface area contributed by atoms with E-state index in [4.69, 9.17) is 0 Å². The summed E-state index contributed by atoms with van der Waals surface area (Å²) in [6, 6.07) is 0. The van der Waals surface area contributed by atoms with Crippen molar-refractivity contribution in [1.29, 1.82) is 0 Å². The summed E-state index contributed by atoms with van der Waals surface area (Å²) in [7, 11) is 0. The molecule has 0 aliphatic heterocycles. The van der Waals surface area contributed by atoms with Crippen molar-refractivity contribution in [3.63, 3.8) is 0 Å². The van der Waals surface area contributed by atoms with Crippen molar-refractivity contribution in [1.82, 2.24) is 0 Å². The lowest BCUT2D eigenvalue weighted by molar-refractivity contribution is 1.30. The standard InChI is InChI=1S/C5H9N.2C2H6/c1-4-5(2)6-3;2*1-2/h4H,3H2,1-2H3;2*1-2H3/b5-4+;;. The average molecular weight is 143 g/mol. The molecule has 10 heavy (non-hydrogen) atoms. The third-order valence-corrected chi connectivity index (χ3v) is 0.667. The zero-order valence-corrected chi connectivity index (χ0v) is 8.23. The fraction of sp³-hybridized carbons (Fsp3) is 0.667. The number of nitrogens with zero attached hydrogens (tertiary/aromatic N) is 1. The Hall–Kier alpha value is -0.590. The van der Waals surface area contributed by atoms with Gasteiger partial charge in [-0.15, -0.1) is 0 Å². The molecule has 0 aromatic carbocycles. The summed E-state index contributed by atoms with van der Waals surface area (Å²) in [6.45, 7) is 15.2. The molecule has 0 aliphatic rings. The first-order chi connectivity index (χ1) is 4.81. The Balaban J connectivity index is -0.000000105. The first-order valence-corrected chi connectivity index (χ1v) is 3.91. The Morgan fingerprint density at radius 2 is 1.50 bits per heavy atom. The number of allylic oxidation sites excluding steroid dienone is 2. The van der Waals surface area contributed by atoms with Crippen molar-refractivity contribution in [2.24, 2.45) is 4.99 Å². The topological polar surface area (TPSA) is 12.4 Å². The Kier molecular flexibility index (Phi) is 38.5. The van der Waals surface area contributed by atoms with Gasteiger partial charge in [-0.2, -0.15) is 0 Å². The van der Waals surface area contributed by atoms with Crippen molar-refractivity contribution in [2.75, 3.05) is 0 Å². The maximum absolute atomic E-state index is 3.62. The number of hydrogen-bond acceptors (Lipinski definition) is 1. The minimum Gasteiger partial charge on any atom is -0.270 e. The van der Waals surface area contributed by atoms with Gasteiger partial charge in [0.15, 0.2) is 0 Å². The summed E-state index contributed by atoms with van der Waals surface area (Å²) in [4.78, 5) is 3.62. The molecule has 1 nitrogen and oxygen atoms in total. The van der Waals surface area contributed by atoms with Crippen LogP contribution in [0.4, 0.5) is 0 Å². The van der Waals surface area contributed by atoms with E-state index in [1.165, 1.54) is 0 Å². The van der Waals surface area contributed by atoms with Crippen LogP contribution in [0.5, 0.6) is 0 Å². The van der Waals surface area contributed by atoms with Crippen molar-refractivity contribution >= 4 is 6.72 Å². The van der Waals surface area contributed by atoms with E-state index in [0.29, 0.717) is 0 Å². The smallest absolute Gasteiger partial charge is 0.0322 e. The maximum Gasteiger partial charge on any atom is 0.0322 e. The van der Waals surface area contributed by atoms with Crippen LogP contribution in [-0.4, -0.2) is 6.72 Å². The molecule has 0 radical (unpaired) electrons. The molecule has 0 N–H and O–H groups in total. The van der Waals surface area contributed by atoms with E-state index in [1.54, 1.807) is 0 Å². The number of hydrogen-bond donors (Lipinski definition) is 0. The molecule has 0 spiro atoms. The van der Waals surface area contributed by atoms with Crippen LogP contribution in [0, 0.1) is 0 Å². The van der Waals surface area contributed by atoms with E-state index in [1.807, 2.05) is 47.6 Å². The third-order valence-electron chi connectivity index (χ3n) is 0.667.